The van der Waals surface area contributed by atoms with Crippen molar-refractivity contribution >= 4 is 46.8 Å². The first-order chi connectivity index (χ1) is 13.1. The van der Waals surface area contributed by atoms with Crippen LogP contribution >= 0.6 is 24.0 Å². The Morgan fingerprint density at radius 2 is 2.14 bits per heavy atom. The highest BCUT2D eigenvalue weighted by molar-refractivity contribution is 14.0. The standard InChI is InChI=1S/C21H30N4O2.HI/c1-4-22-21(24-17-10-12-25(14-17)20(26)15(2)3)23-11-9-18-13-16-7-5-6-8-19(16)27-18;/h5-8,13,15,17H,4,9-12,14H2,1-3H3,(H2,22,23,24);1H. The van der Waals surface area contributed by atoms with Gasteiger partial charge in [-0.05, 0) is 25.5 Å². The Kier molecular flexibility index (Phi) is 8.59. The predicted molar refractivity (Wildman–Crippen MR) is 124 cm³/mol. The number of para-hydroxylation sites is 1. The number of hydrogen-bond donors (Lipinski definition) is 2. The van der Waals surface area contributed by atoms with E-state index in [0.29, 0.717) is 6.54 Å². The molecule has 1 fully saturated rings. The number of aliphatic imine (C=N–C) groups is 1. The lowest BCUT2D eigenvalue weighted by atomic mass is 10.2. The first kappa shape index (κ1) is 22.5. The minimum absolute atomic E-state index is 0. The zero-order chi connectivity index (χ0) is 19.2. The van der Waals surface area contributed by atoms with Crippen LogP contribution in [-0.4, -0.2) is 49.0 Å². The summed E-state index contributed by atoms with van der Waals surface area (Å²) in [6.45, 7) is 8.96. The monoisotopic (exact) mass is 498 g/mol. The van der Waals surface area contributed by atoms with E-state index in [1.165, 1.54) is 0 Å². The molecule has 0 spiro atoms. The van der Waals surface area contributed by atoms with Gasteiger partial charge in [0, 0.05) is 49.9 Å². The van der Waals surface area contributed by atoms with Crippen molar-refractivity contribution in [1.82, 2.24) is 15.5 Å². The van der Waals surface area contributed by atoms with Crippen molar-refractivity contribution in [2.24, 2.45) is 10.9 Å². The number of halogens is 1. The Bertz CT molecular complexity index is 770. The van der Waals surface area contributed by atoms with Crippen LogP contribution in [0.15, 0.2) is 39.7 Å². The maximum Gasteiger partial charge on any atom is 0.225 e. The second-order valence-electron chi connectivity index (χ2n) is 7.33. The van der Waals surface area contributed by atoms with Gasteiger partial charge in [-0.25, -0.2) is 0 Å². The Morgan fingerprint density at radius 1 is 1.36 bits per heavy atom. The number of rotatable bonds is 6. The molecular formula is C21H31IN4O2. The van der Waals surface area contributed by atoms with Crippen molar-refractivity contribution in [3.8, 4) is 0 Å². The van der Waals surface area contributed by atoms with Crippen molar-refractivity contribution in [1.29, 1.82) is 0 Å². The van der Waals surface area contributed by atoms with Crippen LogP contribution in [0.4, 0.5) is 0 Å². The molecule has 0 radical (unpaired) electrons. The van der Waals surface area contributed by atoms with Gasteiger partial charge in [0.2, 0.25) is 5.91 Å². The third kappa shape index (κ3) is 5.86. The van der Waals surface area contributed by atoms with Gasteiger partial charge < -0.3 is 20.0 Å². The largest absolute Gasteiger partial charge is 0.461 e. The van der Waals surface area contributed by atoms with Gasteiger partial charge in [-0.1, -0.05) is 32.0 Å². The van der Waals surface area contributed by atoms with E-state index in [9.17, 15) is 4.79 Å². The van der Waals surface area contributed by atoms with Crippen molar-refractivity contribution < 1.29 is 9.21 Å². The molecular weight excluding hydrogens is 467 g/mol. The van der Waals surface area contributed by atoms with Crippen LogP contribution < -0.4 is 10.6 Å². The Labute approximate surface area is 184 Å². The first-order valence-electron chi connectivity index (χ1n) is 9.88. The van der Waals surface area contributed by atoms with Crippen molar-refractivity contribution in [2.75, 3.05) is 26.2 Å². The van der Waals surface area contributed by atoms with Crippen LogP contribution in [0.1, 0.15) is 33.0 Å². The van der Waals surface area contributed by atoms with E-state index in [0.717, 1.165) is 55.2 Å². The van der Waals surface area contributed by atoms with E-state index in [1.54, 1.807) is 0 Å². The summed E-state index contributed by atoms with van der Waals surface area (Å²) >= 11 is 0. The molecule has 154 valence electrons. The SMILES string of the molecule is CCNC(=NCCc1cc2ccccc2o1)NC1CCN(C(=O)C(C)C)C1.I. The lowest BCUT2D eigenvalue weighted by Crippen LogP contribution is -2.45. The van der Waals surface area contributed by atoms with Crippen LogP contribution in [0.5, 0.6) is 0 Å². The van der Waals surface area contributed by atoms with E-state index in [4.69, 9.17) is 4.42 Å². The Balaban J connectivity index is 0.00000280. The molecule has 2 N–H and O–H groups in total. The molecule has 1 aromatic heterocycles. The number of likely N-dealkylation sites (tertiary alicyclic amines) is 1. The molecule has 3 rings (SSSR count). The molecule has 0 bridgehead atoms. The maximum atomic E-state index is 12.1. The lowest BCUT2D eigenvalue weighted by Gasteiger charge is -2.20. The molecule has 1 amide bonds. The third-order valence-electron chi connectivity index (χ3n) is 4.78. The molecule has 1 saturated heterocycles. The molecule has 1 aromatic carbocycles. The molecule has 2 aromatic rings. The summed E-state index contributed by atoms with van der Waals surface area (Å²) in [6.07, 6.45) is 1.71. The number of nitrogens with zero attached hydrogens (tertiary/aromatic N) is 2. The molecule has 0 saturated carbocycles. The minimum Gasteiger partial charge on any atom is -0.461 e. The summed E-state index contributed by atoms with van der Waals surface area (Å²) in [7, 11) is 0. The van der Waals surface area contributed by atoms with Gasteiger partial charge >= 0.3 is 0 Å². The molecule has 1 unspecified atom stereocenters. The fourth-order valence-corrected chi connectivity index (χ4v) is 3.39. The quantitative estimate of drug-likeness (QED) is 0.364. The second-order valence-corrected chi connectivity index (χ2v) is 7.33. The molecule has 1 aliphatic rings. The van der Waals surface area contributed by atoms with Crippen LogP contribution in [-0.2, 0) is 11.2 Å². The summed E-state index contributed by atoms with van der Waals surface area (Å²) in [5.74, 6) is 2.03. The molecule has 28 heavy (non-hydrogen) atoms. The van der Waals surface area contributed by atoms with E-state index in [1.807, 2.05) is 36.9 Å². The lowest BCUT2D eigenvalue weighted by molar-refractivity contribution is -0.133. The van der Waals surface area contributed by atoms with Crippen molar-refractivity contribution in [3.05, 3.63) is 36.1 Å². The summed E-state index contributed by atoms with van der Waals surface area (Å²) in [5, 5.41) is 7.89. The molecule has 1 atom stereocenters. The highest BCUT2D eigenvalue weighted by Crippen LogP contribution is 2.19. The average molecular weight is 498 g/mol. The summed E-state index contributed by atoms with van der Waals surface area (Å²) < 4.78 is 5.85. The highest BCUT2D eigenvalue weighted by Gasteiger charge is 2.27. The van der Waals surface area contributed by atoms with Gasteiger partial charge in [0.1, 0.15) is 11.3 Å². The van der Waals surface area contributed by atoms with Gasteiger partial charge in [-0.2, -0.15) is 0 Å². The minimum atomic E-state index is 0. The molecule has 6 nitrogen and oxygen atoms in total. The third-order valence-corrected chi connectivity index (χ3v) is 4.78. The van der Waals surface area contributed by atoms with Gasteiger partial charge in [-0.15, -0.1) is 24.0 Å². The average Bonchev–Trinajstić information content (AvgIpc) is 3.27. The number of fused-ring (bicyclic) bond motifs is 1. The van der Waals surface area contributed by atoms with Crippen molar-refractivity contribution in [3.63, 3.8) is 0 Å². The predicted octanol–water partition coefficient (Wildman–Crippen LogP) is 3.41. The second kappa shape index (κ2) is 10.7. The van der Waals surface area contributed by atoms with Gasteiger partial charge in [-0.3, -0.25) is 9.79 Å². The van der Waals surface area contributed by atoms with Crippen LogP contribution in [0.2, 0.25) is 0 Å². The maximum absolute atomic E-state index is 12.1. The Morgan fingerprint density at radius 3 is 2.86 bits per heavy atom. The Hall–Kier alpha value is -1.77. The van der Waals surface area contributed by atoms with E-state index in [-0.39, 0.29) is 41.8 Å². The van der Waals surface area contributed by atoms with Gasteiger partial charge in [0.15, 0.2) is 5.96 Å². The number of nitrogens with one attached hydrogen (secondary N) is 2. The number of guanidine groups is 1. The van der Waals surface area contributed by atoms with E-state index >= 15 is 0 Å². The van der Waals surface area contributed by atoms with Crippen LogP contribution in [0, 0.1) is 5.92 Å². The summed E-state index contributed by atoms with van der Waals surface area (Å²) in [6, 6.07) is 10.4. The number of furan rings is 1. The van der Waals surface area contributed by atoms with Crippen LogP contribution in [0.3, 0.4) is 0 Å². The van der Waals surface area contributed by atoms with Gasteiger partial charge in [0.05, 0.1) is 0 Å². The number of benzene rings is 1. The smallest absolute Gasteiger partial charge is 0.225 e. The fraction of sp³-hybridized carbons (Fsp3) is 0.524. The number of amides is 1. The zero-order valence-corrected chi connectivity index (χ0v) is 19.2. The normalized spacial score (nSPS) is 17.1. The fourth-order valence-electron chi connectivity index (χ4n) is 3.39. The molecule has 7 heteroatoms. The van der Waals surface area contributed by atoms with Crippen molar-refractivity contribution in [2.45, 2.75) is 39.7 Å². The first-order valence-corrected chi connectivity index (χ1v) is 9.88. The highest BCUT2D eigenvalue weighted by atomic mass is 127. The molecule has 2 heterocycles. The summed E-state index contributed by atoms with van der Waals surface area (Å²) in [4.78, 5) is 18.8. The molecule has 1 aliphatic heterocycles. The number of carbonyl (C=O) groups is 1. The summed E-state index contributed by atoms with van der Waals surface area (Å²) in [5.41, 5.74) is 0.919. The van der Waals surface area contributed by atoms with E-state index < -0.39 is 0 Å². The van der Waals surface area contributed by atoms with E-state index in [2.05, 4.69) is 34.7 Å². The number of hydrogen-bond acceptors (Lipinski definition) is 3. The van der Waals surface area contributed by atoms with Gasteiger partial charge in [0.25, 0.3) is 0 Å². The van der Waals surface area contributed by atoms with Crippen LogP contribution in [0.25, 0.3) is 11.0 Å². The molecule has 0 aliphatic carbocycles. The number of carbonyl (C=O) groups excluding carboxylic acids is 1. The topological polar surface area (TPSA) is 69.9 Å². The zero-order valence-electron chi connectivity index (χ0n) is 16.9.